The van der Waals surface area contributed by atoms with Crippen molar-refractivity contribution in [3.05, 3.63) is 12.7 Å². The molecule has 0 amide bonds. The monoisotopic (exact) mass is 99.1 g/mol. The maximum absolute atomic E-state index is 3.61. The van der Waals surface area contributed by atoms with Gasteiger partial charge < -0.3 is 5.32 Å². The van der Waals surface area contributed by atoms with Crippen molar-refractivity contribution < 1.29 is 0 Å². The van der Waals surface area contributed by atoms with Crippen LogP contribution in [0.3, 0.4) is 0 Å². The minimum Gasteiger partial charge on any atom is -0.317 e. The summed E-state index contributed by atoms with van der Waals surface area (Å²) in [6, 6.07) is 0.581. The van der Waals surface area contributed by atoms with Gasteiger partial charge in [0.05, 0.1) is 0 Å². The first kappa shape index (κ1) is 6.70. The fraction of sp³-hybridized carbons (Fsp3) is 0.667. The standard InChI is InChI=1S/C6H13N/c1-4-5-6(2)7-3/h4,6-7H,1,5H2,2-3H3/t6-/m0/s1. The largest absolute Gasteiger partial charge is 0.317 e. The maximum Gasteiger partial charge on any atom is 0.00701 e. The first-order valence-electron chi connectivity index (χ1n) is 2.59. The molecule has 0 radical (unpaired) electrons. The third-order valence-electron chi connectivity index (χ3n) is 1.01. The van der Waals surface area contributed by atoms with E-state index in [2.05, 4.69) is 18.8 Å². The van der Waals surface area contributed by atoms with Crippen molar-refractivity contribution in [3.8, 4) is 0 Å². The Balaban J connectivity index is 2.98. The highest BCUT2D eigenvalue weighted by Crippen LogP contribution is 1.86. The molecule has 0 aliphatic carbocycles. The van der Waals surface area contributed by atoms with E-state index >= 15 is 0 Å². The minimum atomic E-state index is 0.581. The van der Waals surface area contributed by atoms with Gasteiger partial charge in [0.1, 0.15) is 0 Å². The van der Waals surface area contributed by atoms with E-state index in [1.807, 2.05) is 13.1 Å². The second-order valence-corrected chi connectivity index (χ2v) is 1.71. The average Bonchev–Trinajstić information content (AvgIpc) is 1.68. The average molecular weight is 99.2 g/mol. The molecule has 0 rings (SSSR count). The van der Waals surface area contributed by atoms with Crippen LogP contribution in [0.25, 0.3) is 0 Å². The Kier molecular flexibility index (Phi) is 3.71. The fourth-order valence-corrected chi connectivity index (χ4v) is 0.368. The summed E-state index contributed by atoms with van der Waals surface area (Å²) >= 11 is 0. The van der Waals surface area contributed by atoms with Crippen LogP contribution in [-0.2, 0) is 0 Å². The lowest BCUT2D eigenvalue weighted by atomic mass is 10.2. The normalized spacial score (nSPS) is 13.4. The molecule has 0 aliphatic rings. The van der Waals surface area contributed by atoms with Crippen LogP contribution in [-0.4, -0.2) is 13.1 Å². The van der Waals surface area contributed by atoms with Crippen molar-refractivity contribution in [2.24, 2.45) is 0 Å². The molecule has 7 heavy (non-hydrogen) atoms. The molecule has 0 aromatic heterocycles. The third kappa shape index (κ3) is 3.53. The molecule has 0 fully saturated rings. The van der Waals surface area contributed by atoms with Gasteiger partial charge in [-0.25, -0.2) is 0 Å². The van der Waals surface area contributed by atoms with E-state index in [1.54, 1.807) is 0 Å². The summed E-state index contributed by atoms with van der Waals surface area (Å²) < 4.78 is 0. The molecule has 1 atom stereocenters. The van der Waals surface area contributed by atoms with Crippen molar-refractivity contribution in [1.29, 1.82) is 0 Å². The fourth-order valence-electron chi connectivity index (χ4n) is 0.368. The van der Waals surface area contributed by atoms with Crippen LogP contribution in [0, 0.1) is 0 Å². The summed E-state index contributed by atoms with van der Waals surface area (Å²) in [7, 11) is 1.95. The van der Waals surface area contributed by atoms with Gasteiger partial charge in [0.15, 0.2) is 0 Å². The number of nitrogens with one attached hydrogen (secondary N) is 1. The maximum atomic E-state index is 3.61. The van der Waals surface area contributed by atoms with Gasteiger partial charge in [-0.1, -0.05) is 6.08 Å². The molecule has 42 valence electrons. The predicted octanol–water partition coefficient (Wildman–Crippen LogP) is 1.17. The number of hydrogen-bond donors (Lipinski definition) is 1. The van der Waals surface area contributed by atoms with Crippen molar-refractivity contribution in [2.75, 3.05) is 7.05 Å². The van der Waals surface area contributed by atoms with E-state index in [4.69, 9.17) is 0 Å². The lowest BCUT2D eigenvalue weighted by Gasteiger charge is -2.03. The van der Waals surface area contributed by atoms with Crippen LogP contribution in [0.15, 0.2) is 12.7 Å². The van der Waals surface area contributed by atoms with Gasteiger partial charge in [-0.2, -0.15) is 0 Å². The summed E-state index contributed by atoms with van der Waals surface area (Å²) in [4.78, 5) is 0. The number of rotatable bonds is 3. The molecule has 0 bridgehead atoms. The lowest BCUT2D eigenvalue weighted by molar-refractivity contribution is 0.620. The Morgan fingerprint density at radius 2 is 2.43 bits per heavy atom. The van der Waals surface area contributed by atoms with Crippen LogP contribution in [0.5, 0.6) is 0 Å². The Morgan fingerprint density at radius 3 is 2.57 bits per heavy atom. The molecule has 0 unspecified atom stereocenters. The van der Waals surface area contributed by atoms with Crippen molar-refractivity contribution in [1.82, 2.24) is 5.32 Å². The highest BCUT2D eigenvalue weighted by Gasteiger charge is 1.88. The first-order chi connectivity index (χ1) is 3.31. The molecule has 0 aliphatic heterocycles. The second-order valence-electron chi connectivity index (χ2n) is 1.71. The second kappa shape index (κ2) is 3.88. The highest BCUT2D eigenvalue weighted by atomic mass is 14.8. The minimum absolute atomic E-state index is 0.581. The van der Waals surface area contributed by atoms with E-state index < -0.39 is 0 Å². The van der Waals surface area contributed by atoms with Crippen molar-refractivity contribution >= 4 is 0 Å². The zero-order valence-electron chi connectivity index (χ0n) is 5.07. The van der Waals surface area contributed by atoms with Crippen LogP contribution >= 0.6 is 0 Å². The molecule has 0 aromatic rings. The van der Waals surface area contributed by atoms with E-state index in [1.165, 1.54) is 0 Å². The van der Waals surface area contributed by atoms with Crippen LogP contribution in [0.2, 0.25) is 0 Å². The van der Waals surface area contributed by atoms with E-state index in [9.17, 15) is 0 Å². The molecule has 0 heterocycles. The van der Waals surface area contributed by atoms with Gasteiger partial charge in [-0.3, -0.25) is 0 Å². The zero-order valence-corrected chi connectivity index (χ0v) is 5.07. The lowest BCUT2D eigenvalue weighted by Crippen LogP contribution is -2.19. The smallest absolute Gasteiger partial charge is 0.00701 e. The Hall–Kier alpha value is -0.300. The van der Waals surface area contributed by atoms with Crippen LogP contribution in [0.4, 0.5) is 0 Å². The Morgan fingerprint density at radius 1 is 1.86 bits per heavy atom. The van der Waals surface area contributed by atoms with Gasteiger partial charge in [-0.05, 0) is 20.4 Å². The van der Waals surface area contributed by atoms with Crippen molar-refractivity contribution in [2.45, 2.75) is 19.4 Å². The number of hydrogen-bond acceptors (Lipinski definition) is 1. The molecule has 1 heteroatoms. The van der Waals surface area contributed by atoms with Gasteiger partial charge in [-0.15, -0.1) is 6.58 Å². The molecular formula is C6H13N. The first-order valence-corrected chi connectivity index (χ1v) is 2.59. The van der Waals surface area contributed by atoms with Crippen molar-refractivity contribution in [3.63, 3.8) is 0 Å². The predicted molar refractivity (Wildman–Crippen MR) is 33.3 cm³/mol. The van der Waals surface area contributed by atoms with Gasteiger partial charge in [0.25, 0.3) is 0 Å². The topological polar surface area (TPSA) is 12.0 Å². The molecule has 0 saturated carbocycles. The summed E-state index contributed by atoms with van der Waals surface area (Å²) in [6.07, 6.45) is 2.97. The molecule has 1 N–H and O–H groups in total. The summed E-state index contributed by atoms with van der Waals surface area (Å²) in [5.74, 6) is 0. The zero-order chi connectivity index (χ0) is 5.70. The van der Waals surface area contributed by atoms with Crippen LogP contribution in [0.1, 0.15) is 13.3 Å². The third-order valence-corrected chi connectivity index (χ3v) is 1.01. The summed E-state index contributed by atoms with van der Waals surface area (Å²) in [6.45, 7) is 5.74. The summed E-state index contributed by atoms with van der Waals surface area (Å²) in [5.41, 5.74) is 0. The molecular weight excluding hydrogens is 86.1 g/mol. The molecule has 0 saturated heterocycles. The highest BCUT2D eigenvalue weighted by molar-refractivity contribution is 4.72. The van der Waals surface area contributed by atoms with Gasteiger partial charge in [0.2, 0.25) is 0 Å². The Labute approximate surface area is 45.4 Å². The summed E-state index contributed by atoms with van der Waals surface area (Å²) in [5, 5.41) is 3.09. The molecule has 0 spiro atoms. The van der Waals surface area contributed by atoms with E-state index in [0.717, 1.165) is 6.42 Å². The van der Waals surface area contributed by atoms with Gasteiger partial charge >= 0.3 is 0 Å². The van der Waals surface area contributed by atoms with E-state index in [0.29, 0.717) is 6.04 Å². The van der Waals surface area contributed by atoms with E-state index in [-0.39, 0.29) is 0 Å². The molecule has 0 aromatic carbocycles. The Bertz CT molecular complexity index is 50.1. The van der Waals surface area contributed by atoms with Crippen LogP contribution < -0.4 is 5.32 Å². The van der Waals surface area contributed by atoms with Gasteiger partial charge in [0, 0.05) is 6.04 Å². The molecule has 1 nitrogen and oxygen atoms in total. The quantitative estimate of drug-likeness (QED) is 0.524. The SMILES string of the molecule is C=CC[C@H](C)NC.